The first kappa shape index (κ1) is 16.1. The van der Waals surface area contributed by atoms with Gasteiger partial charge in [-0.25, -0.2) is 4.98 Å². The Balaban J connectivity index is 1.32. The third kappa shape index (κ3) is 2.96. The minimum absolute atomic E-state index is 0.0744. The van der Waals surface area contributed by atoms with Crippen LogP contribution in [0.5, 0.6) is 5.75 Å². The predicted molar refractivity (Wildman–Crippen MR) is 104 cm³/mol. The van der Waals surface area contributed by atoms with Crippen molar-refractivity contribution in [3.05, 3.63) is 53.7 Å². The molecule has 5 rings (SSSR count). The third-order valence-electron chi connectivity index (χ3n) is 6.25. The van der Waals surface area contributed by atoms with Crippen LogP contribution in [0.1, 0.15) is 55.7 Å². The molecule has 1 spiro atoms. The van der Waals surface area contributed by atoms with Crippen molar-refractivity contribution < 1.29 is 4.74 Å². The van der Waals surface area contributed by atoms with Gasteiger partial charge >= 0.3 is 0 Å². The second kappa shape index (κ2) is 6.58. The highest BCUT2D eigenvalue weighted by Gasteiger charge is 2.45. The second-order valence-corrected chi connectivity index (χ2v) is 8.03. The fourth-order valence-electron chi connectivity index (χ4n) is 4.61. The van der Waals surface area contributed by atoms with Gasteiger partial charge in [-0.1, -0.05) is 18.2 Å². The van der Waals surface area contributed by atoms with Crippen LogP contribution in [0, 0.1) is 0 Å². The summed E-state index contributed by atoms with van der Waals surface area (Å²) in [6.45, 7) is 3.15. The van der Waals surface area contributed by atoms with Gasteiger partial charge in [0.15, 0.2) is 0 Å². The molecule has 4 heteroatoms. The Morgan fingerprint density at radius 1 is 1.12 bits per heavy atom. The van der Waals surface area contributed by atoms with Crippen molar-refractivity contribution >= 4 is 5.82 Å². The monoisotopic (exact) mass is 349 g/mol. The van der Waals surface area contributed by atoms with Gasteiger partial charge in [-0.3, -0.25) is 0 Å². The van der Waals surface area contributed by atoms with Gasteiger partial charge in [0.25, 0.3) is 0 Å². The Morgan fingerprint density at radius 2 is 1.96 bits per heavy atom. The molecule has 2 aromatic rings. The molecule has 0 bridgehead atoms. The molecule has 4 nitrogen and oxygen atoms in total. The van der Waals surface area contributed by atoms with Crippen molar-refractivity contribution in [1.29, 1.82) is 0 Å². The highest BCUT2D eigenvalue weighted by atomic mass is 16.5. The van der Waals surface area contributed by atoms with Gasteiger partial charge in [-0.2, -0.15) is 0 Å². The van der Waals surface area contributed by atoms with Crippen LogP contribution in [0.2, 0.25) is 0 Å². The van der Waals surface area contributed by atoms with Crippen molar-refractivity contribution in [2.24, 2.45) is 0 Å². The van der Waals surface area contributed by atoms with Crippen molar-refractivity contribution in [2.45, 2.75) is 56.7 Å². The summed E-state index contributed by atoms with van der Waals surface area (Å²) in [5, 5.41) is 3.81. The number of fused-ring (bicyclic) bond motifs is 1. The number of hydrogen-bond donors (Lipinski definition) is 1. The Kier molecular flexibility index (Phi) is 4.08. The van der Waals surface area contributed by atoms with Crippen molar-refractivity contribution in [1.82, 2.24) is 10.3 Å². The number of anilines is 1. The molecule has 0 amide bonds. The number of para-hydroxylation sites is 1. The molecule has 2 aliphatic heterocycles. The zero-order valence-electron chi connectivity index (χ0n) is 15.3. The minimum atomic E-state index is 0.0744. The molecule has 0 radical (unpaired) electrons. The molecule has 1 saturated heterocycles. The van der Waals surface area contributed by atoms with E-state index in [4.69, 9.17) is 4.74 Å². The molecule has 0 unspecified atom stereocenters. The number of ether oxygens (including phenoxy) is 1. The van der Waals surface area contributed by atoms with E-state index in [-0.39, 0.29) is 5.60 Å². The van der Waals surface area contributed by atoms with Crippen molar-refractivity contribution in [2.75, 3.05) is 18.0 Å². The molecule has 2 fully saturated rings. The van der Waals surface area contributed by atoms with Gasteiger partial charge in [-0.15, -0.1) is 0 Å². The lowest BCUT2D eigenvalue weighted by molar-refractivity contribution is -0.0371. The van der Waals surface area contributed by atoms with Crippen LogP contribution in [0.15, 0.2) is 42.6 Å². The largest absolute Gasteiger partial charge is 0.487 e. The van der Waals surface area contributed by atoms with Crippen LogP contribution < -0.4 is 15.0 Å². The van der Waals surface area contributed by atoms with E-state index in [9.17, 15) is 0 Å². The van der Waals surface area contributed by atoms with Crippen molar-refractivity contribution in [3.63, 3.8) is 0 Å². The number of rotatable bonds is 4. The smallest absolute Gasteiger partial charge is 0.128 e. The molecule has 1 atom stereocenters. The van der Waals surface area contributed by atoms with Gasteiger partial charge in [0.05, 0.1) is 0 Å². The quantitative estimate of drug-likeness (QED) is 0.897. The van der Waals surface area contributed by atoms with E-state index in [0.29, 0.717) is 6.04 Å². The highest BCUT2D eigenvalue weighted by molar-refractivity contribution is 5.42. The molecule has 26 heavy (non-hydrogen) atoms. The molecule has 1 aromatic heterocycles. The van der Waals surface area contributed by atoms with E-state index < -0.39 is 0 Å². The summed E-state index contributed by atoms with van der Waals surface area (Å²) in [5.74, 6) is 2.20. The fraction of sp³-hybridized carbons (Fsp3) is 0.500. The Bertz CT molecular complexity index is 780. The normalized spacial score (nSPS) is 23.4. The molecule has 3 heterocycles. The average molecular weight is 349 g/mol. The summed E-state index contributed by atoms with van der Waals surface area (Å²) in [4.78, 5) is 6.98. The Labute approximate surface area is 155 Å². The number of nitrogens with zero attached hydrogens (tertiary/aromatic N) is 2. The van der Waals surface area contributed by atoms with Crippen LogP contribution in [0.4, 0.5) is 5.82 Å². The summed E-state index contributed by atoms with van der Waals surface area (Å²) in [6, 6.07) is 13.3. The van der Waals surface area contributed by atoms with E-state index >= 15 is 0 Å². The van der Waals surface area contributed by atoms with Crippen LogP contribution >= 0.6 is 0 Å². The van der Waals surface area contributed by atoms with Gasteiger partial charge in [0, 0.05) is 43.9 Å². The van der Waals surface area contributed by atoms with Gasteiger partial charge < -0.3 is 15.0 Å². The van der Waals surface area contributed by atoms with E-state index in [1.165, 1.54) is 43.2 Å². The molecule has 1 saturated carbocycles. The Morgan fingerprint density at radius 3 is 2.77 bits per heavy atom. The average Bonchev–Trinajstić information content (AvgIpc) is 3.20. The fourth-order valence-corrected chi connectivity index (χ4v) is 4.61. The van der Waals surface area contributed by atoms with Crippen molar-refractivity contribution in [3.8, 4) is 5.75 Å². The lowest BCUT2D eigenvalue weighted by atomic mass is 9.73. The number of pyridine rings is 1. The van der Waals surface area contributed by atoms with E-state index in [1.54, 1.807) is 0 Å². The van der Waals surface area contributed by atoms with E-state index in [2.05, 4.69) is 51.6 Å². The maximum atomic E-state index is 6.37. The molecule has 3 aliphatic rings. The molecule has 1 N–H and O–H groups in total. The van der Waals surface area contributed by atoms with Crippen LogP contribution in [-0.2, 0) is 6.54 Å². The number of benzene rings is 1. The van der Waals surface area contributed by atoms with E-state index in [1.807, 2.05) is 6.20 Å². The van der Waals surface area contributed by atoms with E-state index in [0.717, 1.165) is 37.6 Å². The molecule has 1 aliphatic carbocycles. The summed E-state index contributed by atoms with van der Waals surface area (Å²) in [5.41, 5.74) is 2.69. The standard InChI is InChI=1S/C22H27N3O/c1-2-7-20-18(6-1)19(15-22(26-20)9-5-10-22)24-16-17-8-11-23-21(14-17)25-12-3-4-13-25/h1-2,6-8,11,14,19,24H,3-5,9-10,12-13,15-16H2/t19-/m0/s1. The first-order chi connectivity index (χ1) is 12.8. The minimum Gasteiger partial charge on any atom is -0.487 e. The lowest BCUT2D eigenvalue weighted by Gasteiger charge is -2.48. The summed E-state index contributed by atoms with van der Waals surface area (Å²) in [6.07, 6.45) is 9.26. The number of aromatic nitrogens is 1. The summed E-state index contributed by atoms with van der Waals surface area (Å²) < 4.78 is 6.37. The molecular formula is C22H27N3O. The van der Waals surface area contributed by atoms with Gasteiger partial charge in [0.2, 0.25) is 0 Å². The molecular weight excluding hydrogens is 322 g/mol. The number of hydrogen-bond acceptors (Lipinski definition) is 4. The summed E-state index contributed by atoms with van der Waals surface area (Å²) in [7, 11) is 0. The molecule has 1 aromatic carbocycles. The first-order valence-corrected chi connectivity index (χ1v) is 10.0. The maximum Gasteiger partial charge on any atom is 0.128 e. The SMILES string of the molecule is c1ccc2c(c1)OC1(CCC1)C[C@@H]2NCc1ccnc(N2CCCC2)c1. The van der Waals surface area contributed by atoms with Gasteiger partial charge in [0.1, 0.15) is 17.2 Å². The predicted octanol–water partition coefficient (Wildman–Crippen LogP) is 4.22. The Hall–Kier alpha value is -2.07. The maximum absolute atomic E-state index is 6.37. The van der Waals surface area contributed by atoms with Crippen LogP contribution in [-0.4, -0.2) is 23.7 Å². The second-order valence-electron chi connectivity index (χ2n) is 8.03. The topological polar surface area (TPSA) is 37.4 Å². The first-order valence-electron chi connectivity index (χ1n) is 10.0. The zero-order chi connectivity index (χ0) is 17.4. The summed E-state index contributed by atoms with van der Waals surface area (Å²) >= 11 is 0. The lowest BCUT2D eigenvalue weighted by Crippen LogP contribution is -2.49. The highest BCUT2D eigenvalue weighted by Crippen LogP contribution is 2.48. The van der Waals surface area contributed by atoms with Gasteiger partial charge in [-0.05, 0) is 55.9 Å². The molecule has 136 valence electrons. The third-order valence-corrected chi connectivity index (χ3v) is 6.25. The van der Waals surface area contributed by atoms with Crippen LogP contribution in [0.25, 0.3) is 0 Å². The van der Waals surface area contributed by atoms with Crippen LogP contribution in [0.3, 0.4) is 0 Å². The number of nitrogens with one attached hydrogen (secondary N) is 1. The zero-order valence-corrected chi connectivity index (χ0v) is 15.3.